The van der Waals surface area contributed by atoms with Crippen molar-refractivity contribution >= 4 is 23.2 Å². The third-order valence-electron chi connectivity index (χ3n) is 2.62. The maximum atomic E-state index is 12.2. The van der Waals surface area contributed by atoms with Gasteiger partial charge in [0.25, 0.3) is 5.91 Å². The number of ether oxygens (including phenoxy) is 1. The maximum Gasteiger partial charge on any atom is 0.255 e. The number of para-hydroxylation sites is 2. The van der Waals surface area contributed by atoms with Gasteiger partial charge < -0.3 is 10.1 Å². The quantitative estimate of drug-likeness (QED) is 0.874. The minimum atomic E-state index is -0.246. The van der Waals surface area contributed by atoms with Crippen molar-refractivity contribution in [2.45, 2.75) is 13.8 Å². The molecule has 0 radical (unpaired) electrons. The van der Waals surface area contributed by atoms with Gasteiger partial charge in [0.05, 0.1) is 12.3 Å². The summed E-state index contributed by atoms with van der Waals surface area (Å²) in [6.45, 7) is 4.22. The van der Waals surface area contributed by atoms with Crippen LogP contribution < -0.4 is 10.1 Å². The number of carbonyl (C=O) groups excluding carboxylic acids is 1. The molecular weight excluding hydrogens is 276 g/mol. The lowest BCUT2D eigenvalue weighted by molar-refractivity contribution is 0.102. The number of rotatable bonds is 4. The smallest absolute Gasteiger partial charge is 0.255 e. The molecule has 1 amide bonds. The van der Waals surface area contributed by atoms with E-state index < -0.39 is 0 Å². The van der Waals surface area contributed by atoms with Crippen LogP contribution in [0.25, 0.3) is 0 Å². The summed E-state index contributed by atoms with van der Waals surface area (Å²) in [7, 11) is 0. The number of hydrogen-bond acceptors (Lipinski definition) is 3. The van der Waals surface area contributed by atoms with E-state index in [-0.39, 0.29) is 5.91 Å². The van der Waals surface area contributed by atoms with E-state index in [9.17, 15) is 4.79 Å². The molecule has 0 fully saturated rings. The average Bonchev–Trinajstić information content (AvgIpc) is 2.40. The molecule has 4 nitrogen and oxygen atoms in total. The second-order valence-electron chi connectivity index (χ2n) is 4.20. The normalized spacial score (nSPS) is 10.2. The number of aromatic nitrogens is 1. The van der Waals surface area contributed by atoms with Gasteiger partial charge in [-0.15, -0.1) is 0 Å². The molecule has 1 aromatic heterocycles. The number of aryl methyl sites for hydroxylation is 1. The van der Waals surface area contributed by atoms with Crippen LogP contribution >= 0.6 is 11.6 Å². The molecule has 0 saturated heterocycles. The van der Waals surface area contributed by atoms with Crippen LogP contribution in [-0.4, -0.2) is 17.5 Å². The topological polar surface area (TPSA) is 51.2 Å². The number of halogens is 1. The van der Waals surface area contributed by atoms with Gasteiger partial charge in [-0.3, -0.25) is 4.79 Å². The number of nitrogens with zero attached hydrogens (tertiary/aromatic N) is 1. The number of pyridine rings is 1. The summed E-state index contributed by atoms with van der Waals surface area (Å²) in [6, 6.07) is 10.5. The predicted octanol–water partition coefficient (Wildman–Crippen LogP) is 3.69. The average molecular weight is 291 g/mol. The van der Waals surface area contributed by atoms with Gasteiger partial charge in [-0.05, 0) is 38.1 Å². The highest BCUT2D eigenvalue weighted by Gasteiger charge is 2.11. The lowest BCUT2D eigenvalue weighted by atomic mass is 10.2. The highest BCUT2D eigenvalue weighted by atomic mass is 35.5. The SMILES string of the molecule is CCOc1ccccc1NC(=O)c1cc(C)nc(Cl)c1. The Hall–Kier alpha value is -2.07. The molecule has 2 aromatic rings. The Morgan fingerprint density at radius 3 is 2.80 bits per heavy atom. The molecule has 0 aliphatic carbocycles. The maximum absolute atomic E-state index is 12.2. The van der Waals surface area contributed by atoms with Gasteiger partial charge in [-0.1, -0.05) is 23.7 Å². The molecule has 20 heavy (non-hydrogen) atoms. The molecule has 0 spiro atoms. The Bertz CT molecular complexity index is 609. The van der Waals surface area contributed by atoms with Crippen molar-refractivity contribution in [2.75, 3.05) is 11.9 Å². The van der Waals surface area contributed by atoms with E-state index >= 15 is 0 Å². The summed E-state index contributed by atoms with van der Waals surface area (Å²) in [5, 5.41) is 3.12. The predicted molar refractivity (Wildman–Crippen MR) is 79.5 cm³/mol. The molecule has 0 aliphatic heterocycles. The van der Waals surface area contributed by atoms with Crippen LogP contribution in [0.1, 0.15) is 23.0 Å². The molecule has 1 aromatic carbocycles. The second-order valence-corrected chi connectivity index (χ2v) is 4.59. The highest BCUT2D eigenvalue weighted by Crippen LogP contribution is 2.24. The van der Waals surface area contributed by atoms with Crippen molar-refractivity contribution in [3.63, 3.8) is 0 Å². The monoisotopic (exact) mass is 290 g/mol. The first-order valence-electron chi connectivity index (χ1n) is 6.27. The van der Waals surface area contributed by atoms with Crippen molar-refractivity contribution in [3.05, 3.63) is 52.8 Å². The van der Waals surface area contributed by atoms with Crippen LogP contribution in [0.3, 0.4) is 0 Å². The molecule has 0 unspecified atom stereocenters. The summed E-state index contributed by atoms with van der Waals surface area (Å²) in [5.41, 5.74) is 1.79. The van der Waals surface area contributed by atoms with Crippen LogP contribution in [0.4, 0.5) is 5.69 Å². The third-order valence-corrected chi connectivity index (χ3v) is 2.81. The summed E-state index contributed by atoms with van der Waals surface area (Å²) in [4.78, 5) is 16.3. The molecule has 104 valence electrons. The largest absolute Gasteiger partial charge is 0.492 e. The van der Waals surface area contributed by atoms with Gasteiger partial charge in [0, 0.05) is 11.3 Å². The van der Waals surface area contributed by atoms with E-state index in [1.165, 1.54) is 6.07 Å². The fourth-order valence-electron chi connectivity index (χ4n) is 1.80. The molecule has 5 heteroatoms. The van der Waals surface area contributed by atoms with E-state index in [1.54, 1.807) is 19.1 Å². The van der Waals surface area contributed by atoms with E-state index in [0.29, 0.717) is 34.5 Å². The summed E-state index contributed by atoms with van der Waals surface area (Å²) in [5.74, 6) is 0.393. The Kier molecular flexibility index (Phi) is 4.58. The van der Waals surface area contributed by atoms with Crippen molar-refractivity contribution in [1.29, 1.82) is 0 Å². The molecule has 0 bridgehead atoms. The lowest BCUT2D eigenvalue weighted by Crippen LogP contribution is -2.13. The van der Waals surface area contributed by atoms with Crippen molar-refractivity contribution in [2.24, 2.45) is 0 Å². The third kappa shape index (κ3) is 3.48. The van der Waals surface area contributed by atoms with Crippen molar-refractivity contribution < 1.29 is 9.53 Å². The fraction of sp³-hybridized carbons (Fsp3) is 0.200. The highest BCUT2D eigenvalue weighted by molar-refractivity contribution is 6.29. The molecule has 0 atom stereocenters. The van der Waals surface area contributed by atoms with E-state index in [1.807, 2.05) is 25.1 Å². The molecule has 2 rings (SSSR count). The van der Waals surface area contributed by atoms with Crippen LogP contribution in [0.5, 0.6) is 5.75 Å². The van der Waals surface area contributed by atoms with Gasteiger partial charge in [-0.25, -0.2) is 4.98 Å². The van der Waals surface area contributed by atoms with Crippen molar-refractivity contribution in [1.82, 2.24) is 4.98 Å². The number of anilines is 1. The summed E-state index contributed by atoms with van der Waals surface area (Å²) in [6.07, 6.45) is 0. The zero-order valence-electron chi connectivity index (χ0n) is 11.3. The number of nitrogens with one attached hydrogen (secondary N) is 1. The minimum Gasteiger partial charge on any atom is -0.492 e. The first-order chi connectivity index (χ1) is 9.60. The Labute approximate surface area is 122 Å². The molecular formula is C15H15ClN2O2. The van der Waals surface area contributed by atoms with E-state index in [0.717, 1.165) is 0 Å². The Morgan fingerprint density at radius 2 is 2.10 bits per heavy atom. The number of carbonyl (C=O) groups is 1. The van der Waals surface area contributed by atoms with Crippen LogP contribution in [-0.2, 0) is 0 Å². The lowest BCUT2D eigenvalue weighted by Gasteiger charge is -2.11. The number of benzene rings is 1. The van der Waals surface area contributed by atoms with E-state index in [2.05, 4.69) is 10.3 Å². The fourth-order valence-corrected chi connectivity index (χ4v) is 2.06. The number of amides is 1. The number of hydrogen-bond donors (Lipinski definition) is 1. The van der Waals surface area contributed by atoms with Gasteiger partial charge in [0.1, 0.15) is 10.9 Å². The molecule has 1 N–H and O–H groups in total. The van der Waals surface area contributed by atoms with Crippen LogP contribution in [0.2, 0.25) is 5.15 Å². The first kappa shape index (κ1) is 14.3. The molecule has 1 heterocycles. The zero-order valence-corrected chi connectivity index (χ0v) is 12.1. The van der Waals surface area contributed by atoms with Crippen LogP contribution in [0.15, 0.2) is 36.4 Å². The van der Waals surface area contributed by atoms with Crippen LogP contribution in [0, 0.1) is 6.92 Å². The standard InChI is InChI=1S/C15H15ClN2O2/c1-3-20-13-7-5-4-6-12(13)18-15(19)11-8-10(2)17-14(16)9-11/h4-9H,3H2,1-2H3,(H,18,19). The van der Waals surface area contributed by atoms with Crippen molar-refractivity contribution in [3.8, 4) is 5.75 Å². The Balaban J connectivity index is 2.23. The molecule has 0 aliphatic rings. The van der Waals surface area contributed by atoms with Gasteiger partial charge >= 0.3 is 0 Å². The molecule has 0 saturated carbocycles. The van der Waals surface area contributed by atoms with Gasteiger partial charge in [0.15, 0.2) is 0 Å². The second kappa shape index (κ2) is 6.39. The Morgan fingerprint density at radius 1 is 1.35 bits per heavy atom. The summed E-state index contributed by atoms with van der Waals surface area (Å²) >= 11 is 5.86. The van der Waals surface area contributed by atoms with Gasteiger partial charge in [-0.2, -0.15) is 0 Å². The zero-order chi connectivity index (χ0) is 14.5. The van der Waals surface area contributed by atoms with E-state index in [4.69, 9.17) is 16.3 Å². The van der Waals surface area contributed by atoms with Gasteiger partial charge in [0.2, 0.25) is 0 Å². The minimum absolute atomic E-state index is 0.246. The first-order valence-corrected chi connectivity index (χ1v) is 6.65. The summed E-state index contributed by atoms with van der Waals surface area (Å²) < 4.78 is 5.47.